The van der Waals surface area contributed by atoms with Crippen LogP contribution in [0, 0.1) is 5.92 Å². The summed E-state index contributed by atoms with van der Waals surface area (Å²) in [6.07, 6.45) is -0.914. The van der Waals surface area contributed by atoms with Gasteiger partial charge < -0.3 is 10.2 Å². The standard InChI is InChI=1S/C10H19F3N2/c1-15-6-2-3-9(7-15)4-5-14-8-10(11,12)13/h9,14H,2-8H2,1H3. The number of nitrogens with one attached hydrogen (secondary N) is 1. The molecule has 0 aromatic carbocycles. The smallest absolute Gasteiger partial charge is 0.309 e. The van der Waals surface area contributed by atoms with Gasteiger partial charge in [-0.3, -0.25) is 0 Å². The van der Waals surface area contributed by atoms with Crippen molar-refractivity contribution in [2.24, 2.45) is 5.92 Å². The fourth-order valence-corrected chi connectivity index (χ4v) is 2.05. The van der Waals surface area contributed by atoms with Crippen LogP contribution >= 0.6 is 0 Å². The van der Waals surface area contributed by atoms with Crippen LogP contribution in [-0.2, 0) is 0 Å². The molecule has 0 aliphatic carbocycles. The number of piperidine rings is 1. The summed E-state index contributed by atoms with van der Waals surface area (Å²) in [5.41, 5.74) is 0. The van der Waals surface area contributed by atoms with Crippen molar-refractivity contribution in [2.45, 2.75) is 25.4 Å². The normalized spacial score (nSPS) is 24.4. The molecule has 1 heterocycles. The molecule has 0 saturated carbocycles. The second-order valence-electron chi connectivity index (χ2n) is 4.35. The Hall–Kier alpha value is -0.290. The maximum Gasteiger partial charge on any atom is 0.401 e. The topological polar surface area (TPSA) is 15.3 Å². The third-order valence-corrected chi connectivity index (χ3v) is 2.78. The molecule has 0 spiro atoms. The van der Waals surface area contributed by atoms with Gasteiger partial charge in [-0.25, -0.2) is 0 Å². The van der Waals surface area contributed by atoms with Crippen molar-refractivity contribution < 1.29 is 13.2 Å². The van der Waals surface area contributed by atoms with Crippen LogP contribution in [0.3, 0.4) is 0 Å². The first kappa shape index (κ1) is 12.8. The van der Waals surface area contributed by atoms with Crippen LogP contribution < -0.4 is 5.32 Å². The lowest BCUT2D eigenvalue weighted by Gasteiger charge is -2.29. The molecule has 1 aliphatic rings. The van der Waals surface area contributed by atoms with Crippen molar-refractivity contribution in [1.82, 2.24) is 10.2 Å². The molecule has 0 amide bonds. The second kappa shape index (κ2) is 5.70. The minimum absolute atomic E-state index is 0.470. The molecule has 0 aromatic heterocycles. The van der Waals surface area contributed by atoms with Crippen molar-refractivity contribution in [3.63, 3.8) is 0 Å². The van der Waals surface area contributed by atoms with Crippen LogP contribution in [0.4, 0.5) is 13.2 Å². The quantitative estimate of drug-likeness (QED) is 0.733. The van der Waals surface area contributed by atoms with E-state index < -0.39 is 12.7 Å². The van der Waals surface area contributed by atoms with Gasteiger partial charge in [-0.2, -0.15) is 13.2 Å². The summed E-state index contributed by atoms with van der Waals surface area (Å²) in [4.78, 5) is 2.25. The summed E-state index contributed by atoms with van der Waals surface area (Å²) in [5.74, 6) is 0.560. The van der Waals surface area contributed by atoms with E-state index in [2.05, 4.69) is 17.3 Å². The molecule has 2 nitrogen and oxygen atoms in total. The lowest BCUT2D eigenvalue weighted by molar-refractivity contribution is -0.124. The van der Waals surface area contributed by atoms with Crippen molar-refractivity contribution >= 4 is 0 Å². The van der Waals surface area contributed by atoms with E-state index >= 15 is 0 Å². The van der Waals surface area contributed by atoms with E-state index in [1.165, 1.54) is 6.42 Å². The molecule has 0 aromatic rings. The number of rotatable bonds is 4. The monoisotopic (exact) mass is 224 g/mol. The van der Waals surface area contributed by atoms with Gasteiger partial charge in [-0.1, -0.05) is 0 Å². The van der Waals surface area contributed by atoms with Gasteiger partial charge in [0.2, 0.25) is 0 Å². The lowest BCUT2D eigenvalue weighted by Crippen LogP contribution is -2.35. The molecule has 1 aliphatic heterocycles. The zero-order valence-electron chi connectivity index (χ0n) is 9.11. The van der Waals surface area contributed by atoms with Crippen molar-refractivity contribution in [1.29, 1.82) is 0 Å². The molecular weight excluding hydrogens is 205 g/mol. The van der Waals surface area contributed by atoms with Crippen LogP contribution in [0.2, 0.25) is 0 Å². The Morgan fingerprint density at radius 3 is 2.73 bits per heavy atom. The number of halogens is 3. The molecule has 0 radical (unpaired) electrons. The summed E-state index contributed by atoms with van der Waals surface area (Å²) >= 11 is 0. The first-order valence-corrected chi connectivity index (χ1v) is 5.43. The average molecular weight is 224 g/mol. The molecule has 5 heteroatoms. The fourth-order valence-electron chi connectivity index (χ4n) is 2.05. The number of alkyl halides is 3. The third kappa shape index (κ3) is 5.99. The van der Waals surface area contributed by atoms with E-state index in [1.807, 2.05) is 0 Å². The molecule has 90 valence electrons. The zero-order valence-corrected chi connectivity index (χ0v) is 9.11. The molecule has 0 bridgehead atoms. The predicted octanol–water partition coefficient (Wildman–Crippen LogP) is 1.87. The fraction of sp³-hybridized carbons (Fsp3) is 1.00. The minimum atomic E-state index is -4.08. The van der Waals surface area contributed by atoms with Gasteiger partial charge in [0.1, 0.15) is 0 Å². The highest BCUT2D eigenvalue weighted by Crippen LogP contribution is 2.18. The molecule has 1 rings (SSSR count). The number of likely N-dealkylation sites (tertiary alicyclic amines) is 1. The molecule has 1 N–H and O–H groups in total. The highest BCUT2D eigenvalue weighted by atomic mass is 19.4. The molecule has 1 unspecified atom stereocenters. The summed E-state index contributed by atoms with van der Waals surface area (Å²) in [6.45, 7) is 1.74. The van der Waals surface area contributed by atoms with Crippen molar-refractivity contribution in [3.8, 4) is 0 Å². The SMILES string of the molecule is CN1CCCC(CCNCC(F)(F)F)C1. The highest BCUT2D eigenvalue weighted by Gasteiger charge is 2.26. The van der Waals surface area contributed by atoms with Crippen LogP contribution in [-0.4, -0.2) is 44.3 Å². The maximum absolute atomic E-state index is 11.8. The second-order valence-corrected chi connectivity index (χ2v) is 4.35. The van der Waals surface area contributed by atoms with Gasteiger partial charge in [0.15, 0.2) is 0 Å². The first-order valence-electron chi connectivity index (χ1n) is 5.43. The van der Waals surface area contributed by atoms with E-state index in [1.54, 1.807) is 0 Å². The Labute approximate surface area is 88.8 Å². The average Bonchev–Trinajstić information content (AvgIpc) is 2.11. The summed E-state index contributed by atoms with van der Waals surface area (Å²) in [7, 11) is 2.06. The van der Waals surface area contributed by atoms with Gasteiger partial charge >= 0.3 is 6.18 Å². The lowest BCUT2D eigenvalue weighted by atomic mass is 9.95. The molecule has 1 saturated heterocycles. The summed E-state index contributed by atoms with van der Waals surface area (Å²) in [5, 5.41) is 2.44. The molecular formula is C10H19F3N2. The van der Waals surface area contributed by atoms with Gasteiger partial charge in [-0.05, 0) is 45.3 Å². The Bertz CT molecular complexity index is 182. The third-order valence-electron chi connectivity index (χ3n) is 2.78. The largest absolute Gasteiger partial charge is 0.401 e. The summed E-state index contributed by atoms with van der Waals surface area (Å²) < 4.78 is 35.4. The summed E-state index contributed by atoms with van der Waals surface area (Å²) in [6, 6.07) is 0. The molecule has 15 heavy (non-hydrogen) atoms. The number of hydrogen-bond donors (Lipinski definition) is 1. The van der Waals surface area contributed by atoms with E-state index in [0.29, 0.717) is 12.5 Å². The Kier molecular flexibility index (Phi) is 4.86. The highest BCUT2D eigenvalue weighted by molar-refractivity contribution is 4.71. The van der Waals surface area contributed by atoms with Crippen molar-refractivity contribution in [3.05, 3.63) is 0 Å². The van der Waals surface area contributed by atoms with E-state index in [-0.39, 0.29) is 0 Å². The van der Waals surface area contributed by atoms with Gasteiger partial charge in [0, 0.05) is 6.54 Å². The van der Waals surface area contributed by atoms with Crippen LogP contribution in [0.1, 0.15) is 19.3 Å². The van der Waals surface area contributed by atoms with E-state index in [9.17, 15) is 13.2 Å². The van der Waals surface area contributed by atoms with Gasteiger partial charge in [-0.15, -0.1) is 0 Å². The van der Waals surface area contributed by atoms with E-state index in [0.717, 1.165) is 25.9 Å². The van der Waals surface area contributed by atoms with Gasteiger partial charge in [0.25, 0.3) is 0 Å². The maximum atomic E-state index is 11.8. The zero-order chi connectivity index (χ0) is 11.3. The van der Waals surface area contributed by atoms with Crippen molar-refractivity contribution in [2.75, 3.05) is 33.2 Å². The Morgan fingerprint density at radius 2 is 2.13 bits per heavy atom. The van der Waals surface area contributed by atoms with Crippen LogP contribution in [0.5, 0.6) is 0 Å². The predicted molar refractivity (Wildman–Crippen MR) is 53.8 cm³/mol. The van der Waals surface area contributed by atoms with E-state index in [4.69, 9.17) is 0 Å². The number of hydrogen-bond acceptors (Lipinski definition) is 2. The Balaban J connectivity index is 2.04. The molecule has 1 fully saturated rings. The minimum Gasteiger partial charge on any atom is -0.309 e. The molecule has 1 atom stereocenters. The Morgan fingerprint density at radius 1 is 1.40 bits per heavy atom. The number of nitrogens with zero attached hydrogens (tertiary/aromatic N) is 1. The van der Waals surface area contributed by atoms with Crippen LogP contribution in [0.25, 0.3) is 0 Å². The van der Waals surface area contributed by atoms with Crippen LogP contribution in [0.15, 0.2) is 0 Å². The first-order chi connectivity index (χ1) is 6.97. The van der Waals surface area contributed by atoms with Gasteiger partial charge in [0.05, 0.1) is 6.54 Å².